The zero-order chi connectivity index (χ0) is 16.0. The van der Waals surface area contributed by atoms with E-state index in [-0.39, 0.29) is 11.0 Å². The summed E-state index contributed by atoms with van der Waals surface area (Å²) in [5.41, 5.74) is 2.36. The molecule has 0 aromatic heterocycles. The highest BCUT2D eigenvalue weighted by molar-refractivity contribution is 6.05. The molecule has 2 saturated carbocycles. The fourth-order valence-electron chi connectivity index (χ4n) is 6.18. The summed E-state index contributed by atoms with van der Waals surface area (Å²) in [6, 6.07) is 8.54. The van der Waals surface area contributed by atoms with Crippen LogP contribution in [0.5, 0.6) is 0 Å². The summed E-state index contributed by atoms with van der Waals surface area (Å²) >= 11 is 0. The van der Waals surface area contributed by atoms with Crippen molar-refractivity contribution < 1.29 is 5.11 Å². The number of para-hydroxylation sites is 1. The Kier molecular flexibility index (Phi) is 2.51. The molecule has 2 aliphatic carbocycles. The zero-order valence-corrected chi connectivity index (χ0v) is 14.3. The second kappa shape index (κ2) is 4.07. The van der Waals surface area contributed by atoms with Crippen LogP contribution in [-0.4, -0.2) is 22.4 Å². The van der Waals surface area contributed by atoms with Crippen molar-refractivity contribution in [1.82, 2.24) is 5.32 Å². The molecule has 2 aliphatic heterocycles. The summed E-state index contributed by atoms with van der Waals surface area (Å²) in [6.07, 6.45) is 4.41. The van der Waals surface area contributed by atoms with Gasteiger partial charge < -0.3 is 10.4 Å². The standard InChI is InChI=1S/C20H26N2O/c1-18(2)12-8-9-19(3)14(10-12)16(22-18)11-20(23)13-6-4-5-7-15(13)21-17(19)20/h4-7,12,14,16,22-23H,8-11H2,1-3H3/t12-,14+,16+,19+,20-/m0/s1. The Morgan fingerprint density at radius 1 is 1.22 bits per heavy atom. The van der Waals surface area contributed by atoms with E-state index >= 15 is 0 Å². The highest BCUT2D eigenvalue weighted by Gasteiger charge is 2.63. The van der Waals surface area contributed by atoms with Gasteiger partial charge in [0.1, 0.15) is 5.60 Å². The van der Waals surface area contributed by atoms with Crippen LogP contribution >= 0.6 is 0 Å². The van der Waals surface area contributed by atoms with Crippen molar-refractivity contribution in [3.63, 3.8) is 0 Å². The first-order valence-electron chi connectivity index (χ1n) is 9.04. The van der Waals surface area contributed by atoms with E-state index in [4.69, 9.17) is 4.99 Å². The Balaban J connectivity index is 1.68. The maximum absolute atomic E-state index is 11.7. The van der Waals surface area contributed by atoms with Crippen LogP contribution in [0.1, 0.15) is 52.0 Å². The highest BCUT2D eigenvalue weighted by atomic mass is 16.3. The van der Waals surface area contributed by atoms with Gasteiger partial charge in [0.15, 0.2) is 0 Å². The van der Waals surface area contributed by atoms with Gasteiger partial charge in [-0.15, -0.1) is 0 Å². The fourth-order valence-corrected chi connectivity index (χ4v) is 6.18. The van der Waals surface area contributed by atoms with Crippen molar-refractivity contribution in [2.45, 2.75) is 63.6 Å². The second-order valence-corrected chi connectivity index (χ2v) is 9.01. The molecule has 2 bridgehead atoms. The molecule has 1 saturated heterocycles. The summed E-state index contributed by atoms with van der Waals surface area (Å²) in [5, 5.41) is 15.6. The molecule has 3 nitrogen and oxygen atoms in total. The summed E-state index contributed by atoms with van der Waals surface area (Å²) in [5.74, 6) is 1.34. The molecule has 1 aromatic rings. The molecule has 4 aliphatic rings. The van der Waals surface area contributed by atoms with Gasteiger partial charge in [-0.05, 0) is 51.0 Å². The van der Waals surface area contributed by atoms with E-state index in [0.29, 0.717) is 12.0 Å². The van der Waals surface area contributed by atoms with E-state index in [1.165, 1.54) is 12.8 Å². The van der Waals surface area contributed by atoms with E-state index in [2.05, 4.69) is 38.2 Å². The first-order chi connectivity index (χ1) is 10.8. The number of fused-ring (bicyclic) bond motifs is 5. The van der Waals surface area contributed by atoms with Crippen LogP contribution in [0.4, 0.5) is 5.69 Å². The van der Waals surface area contributed by atoms with Crippen LogP contribution in [0.15, 0.2) is 29.3 Å². The first kappa shape index (κ1) is 14.2. The number of hydrogen-bond acceptors (Lipinski definition) is 3. The Labute approximate surface area is 138 Å². The zero-order valence-electron chi connectivity index (χ0n) is 14.3. The highest BCUT2D eigenvalue weighted by Crippen LogP contribution is 2.61. The predicted molar refractivity (Wildman–Crippen MR) is 92.0 cm³/mol. The van der Waals surface area contributed by atoms with Gasteiger partial charge in [-0.2, -0.15) is 0 Å². The third-order valence-corrected chi connectivity index (χ3v) is 7.46. The van der Waals surface area contributed by atoms with Crippen molar-refractivity contribution in [3.05, 3.63) is 29.8 Å². The third-order valence-electron chi connectivity index (χ3n) is 7.46. The Hall–Kier alpha value is -1.19. The average molecular weight is 310 g/mol. The largest absolute Gasteiger partial charge is 0.379 e. The minimum absolute atomic E-state index is 0.0245. The molecule has 5 rings (SSSR count). The first-order valence-corrected chi connectivity index (χ1v) is 9.04. The molecule has 2 heterocycles. The van der Waals surface area contributed by atoms with Crippen molar-refractivity contribution >= 4 is 11.4 Å². The number of nitrogens with zero attached hydrogens (tertiary/aromatic N) is 1. The smallest absolute Gasteiger partial charge is 0.132 e. The van der Waals surface area contributed by atoms with Gasteiger partial charge in [0.25, 0.3) is 0 Å². The predicted octanol–water partition coefficient (Wildman–Crippen LogP) is 3.54. The molecule has 2 N–H and O–H groups in total. The number of aliphatic hydroxyl groups is 1. The third kappa shape index (κ3) is 1.60. The summed E-state index contributed by atoms with van der Waals surface area (Å²) < 4.78 is 0. The minimum Gasteiger partial charge on any atom is -0.379 e. The van der Waals surface area contributed by atoms with Crippen molar-refractivity contribution in [2.75, 3.05) is 0 Å². The van der Waals surface area contributed by atoms with Crippen molar-refractivity contribution in [1.29, 1.82) is 0 Å². The summed E-state index contributed by atoms with van der Waals surface area (Å²) in [7, 11) is 0. The van der Waals surface area contributed by atoms with Crippen LogP contribution in [0.2, 0.25) is 0 Å². The van der Waals surface area contributed by atoms with Gasteiger partial charge in [0.05, 0.1) is 11.4 Å². The van der Waals surface area contributed by atoms with Crippen LogP contribution in [0.3, 0.4) is 0 Å². The van der Waals surface area contributed by atoms with Gasteiger partial charge >= 0.3 is 0 Å². The van der Waals surface area contributed by atoms with E-state index < -0.39 is 5.60 Å². The lowest BCUT2D eigenvalue weighted by Gasteiger charge is -2.62. The Morgan fingerprint density at radius 3 is 2.83 bits per heavy atom. The average Bonchev–Trinajstić information content (AvgIpc) is 2.80. The van der Waals surface area contributed by atoms with Gasteiger partial charge in [0.2, 0.25) is 0 Å². The topological polar surface area (TPSA) is 44.6 Å². The second-order valence-electron chi connectivity index (χ2n) is 9.01. The molecule has 122 valence electrons. The molecule has 3 fully saturated rings. The molecule has 0 amide bonds. The van der Waals surface area contributed by atoms with Gasteiger partial charge in [-0.25, -0.2) is 0 Å². The molecule has 5 atom stereocenters. The summed E-state index contributed by atoms with van der Waals surface area (Å²) in [4.78, 5) is 4.96. The quantitative estimate of drug-likeness (QED) is 0.770. The molecule has 3 heteroatoms. The molecular formula is C20H26N2O. The number of aliphatic imine (C=N–C) groups is 1. The Morgan fingerprint density at radius 2 is 2.00 bits per heavy atom. The minimum atomic E-state index is -0.875. The fraction of sp³-hybridized carbons (Fsp3) is 0.650. The van der Waals surface area contributed by atoms with Gasteiger partial charge in [-0.3, -0.25) is 4.99 Å². The van der Waals surface area contributed by atoms with E-state index in [1.807, 2.05) is 12.1 Å². The number of rotatable bonds is 0. The monoisotopic (exact) mass is 310 g/mol. The Bertz CT molecular complexity index is 724. The molecule has 1 aromatic carbocycles. The maximum Gasteiger partial charge on any atom is 0.132 e. The van der Waals surface area contributed by atoms with Gasteiger partial charge in [-0.1, -0.05) is 25.1 Å². The van der Waals surface area contributed by atoms with Crippen molar-refractivity contribution in [3.8, 4) is 0 Å². The van der Waals surface area contributed by atoms with Crippen LogP contribution < -0.4 is 5.32 Å². The molecular weight excluding hydrogens is 284 g/mol. The SMILES string of the molecule is CC1(C)N[C@@H]2C[C@@]3(O)C(=Nc4ccccc43)[C@]3(C)CC[C@H]1C[C@H]23. The number of hydrogen-bond donors (Lipinski definition) is 2. The maximum atomic E-state index is 11.7. The lowest BCUT2D eigenvalue weighted by molar-refractivity contribution is -0.0566. The van der Waals surface area contributed by atoms with Gasteiger partial charge in [0, 0.05) is 29.0 Å². The normalized spacial score (nSPS) is 45.9. The lowest BCUT2D eigenvalue weighted by Crippen LogP contribution is -2.70. The summed E-state index contributed by atoms with van der Waals surface area (Å²) in [6.45, 7) is 7.04. The van der Waals surface area contributed by atoms with Crippen LogP contribution in [0.25, 0.3) is 0 Å². The molecule has 0 spiro atoms. The van der Waals surface area contributed by atoms with E-state index in [0.717, 1.165) is 35.7 Å². The number of piperidine rings is 1. The van der Waals surface area contributed by atoms with Crippen molar-refractivity contribution in [2.24, 2.45) is 22.2 Å². The molecule has 23 heavy (non-hydrogen) atoms. The molecule has 0 radical (unpaired) electrons. The lowest BCUT2D eigenvalue weighted by atomic mass is 9.48. The number of benzene rings is 1. The molecule has 0 unspecified atom stereocenters. The van der Waals surface area contributed by atoms with E-state index in [9.17, 15) is 5.11 Å². The van der Waals surface area contributed by atoms with Crippen LogP contribution in [0, 0.1) is 17.3 Å². The van der Waals surface area contributed by atoms with E-state index in [1.54, 1.807) is 0 Å². The van der Waals surface area contributed by atoms with Crippen LogP contribution in [-0.2, 0) is 5.60 Å². The number of nitrogens with one attached hydrogen (secondary N) is 1.